The fraction of sp³-hybridized carbons (Fsp3) is 0.235. The third kappa shape index (κ3) is 4.33. The van der Waals surface area contributed by atoms with Gasteiger partial charge in [0.05, 0.1) is 12.2 Å². The number of ether oxygens (including phenoxy) is 1. The van der Waals surface area contributed by atoms with Crippen LogP contribution < -0.4 is 4.74 Å². The van der Waals surface area contributed by atoms with E-state index < -0.39 is 0 Å². The van der Waals surface area contributed by atoms with E-state index in [1.165, 1.54) is 5.56 Å². The number of carbonyl (C=O) groups excluding carboxylic acids is 1. The average molecular weight is 348 g/mol. The molecule has 0 unspecified atom stereocenters. The lowest BCUT2D eigenvalue weighted by Gasteiger charge is -2.15. The van der Waals surface area contributed by atoms with E-state index in [9.17, 15) is 4.79 Å². The lowest BCUT2D eigenvalue weighted by molar-refractivity contribution is 0.0823. The van der Waals surface area contributed by atoms with Crippen molar-refractivity contribution in [1.82, 2.24) is 4.90 Å². The highest BCUT2D eigenvalue weighted by atomic mass is 79.9. The van der Waals surface area contributed by atoms with Crippen LogP contribution in [-0.4, -0.2) is 31.5 Å². The molecular weight excluding hydrogens is 330 g/mol. The zero-order chi connectivity index (χ0) is 15.2. The van der Waals surface area contributed by atoms with Crippen LogP contribution >= 0.6 is 15.9 Å². The van der Waals surface area contributed by atoms with Crippen LogP contribution in [0.3, 0.4) is 0 Å². The lowest BCUT2D eigenvalue weighted by atomic mass is 10.1. The second-order valence-electron chi connectivity index (χ2n) is 4.92. The van der Waals surface area contributed by atoms with E-state index in [-0.39, 0.29) is 5.91 Å². The summed E-state index contributed by atoms with van der Waals surface area (Å²) >= 11 is 3.39. The van der Waals surface area contributed by atoms with Gasteiger partial charge in [-0.1, -0.05) is 46.3 Å². The van der Waals surface area contributed by atoms with Gasteiger partial charge in [-0.3, -0.25) is 4.79 Å². The fourth-order valence-corrected chi connectivity index (χ4v) is 2.32. The number of carbonyl (C=O) groups is 1. The standard InChI is InChI=1S/C17H18BrNO2/c1-19(2)17(20)15-12-14(18)8-9-16(15)21-11-10-13-6-4-3-5-7-13/h3-9,12H,10-11H2,1-2H3. The summed E-state index contributed by atoms with van der Waals surface area (Å²) in [5.74, 6) is 0.554. The molecule has 110 valence electrons. The van der Waals surface area contributed by atoms with Crippen LogP contribution in [0.1, 0.15) is 15.9 Å². The Balaban J connectivity index is 2.07. The van der Waals surface area contributed by atoms with Crippen molar-refractivity contribution in [2.24, 2.45) is 0 Å². The van der Waals surface area contributed by atoms with E-state index in [1.54, 1.807) is 25.1 Å². The first-order chi connectivity index (χ1) is 10.1. The summed E-state index contributed by atoms with van der Waals surface area (Å²) in [5, 5.41) is 0. The number of hydrogen-bond acceptors (Lipinski definition) is 2. The van der Waals surface area contributed by atoms with Crippen LogP contribution in [0, 0.1) is 0 Å². The van der Waals surface area contributed by atoms with Gasteiger partial charge in [-0.25, -0.2) is 0 Å². The van der Waals surface area contributed by atoms with Gasteiger partial charge in [0, 0.05) is 25.0 Å². The van der Waals surface area contributed by atoms with Gasteiger partial charge in [0.2, 0.25) is 0 Å². The molecule has 0 saturated carbocycles. The number of halogens is 1. The van der Waals surface area contributed by atoms with Crippen molar-refractivity contribution in [2.75, 3.05) is 20.7 Å². The molecule has 0 heterocycles. The number of rotatable bonds is 5. The quantitative estimate of drug-likeness (QED) is 0.823. The van der Waals surface area contributed by atoms with Gasteiger partial charge < -0.3 is 9.64 Å². The normalized spacial score (nSPS) is 10.2. The van der Waals surface area contributed by atoms with Crippen LogP contribution in [0.2, 0.25) is 0 Å². The smallest absolute Gasteiger partial charge is 0.257 e. The molecule has 0 bridgehead atoms. The lowest BCUT2D eigenvalue weighted by Crippen LogP contribution is -2.22. The highest BCUT2D eigenvalue weighted by Crippen LogP contribution is 2.24. The first kappa shape index (κ1) is 15.6. The van der Waals surface area contributed by atoms with Crippen molar-refractivity contribution in [3.8, 4) is 5.75 Å². The fourth-order valence-electron chi connectivity index (χ4n) is 1.96. The van der Waals surface area contributed by atoms with Crippen LogP contribution in [0.15, 0.2) is 53.0 Å². The molecule has 0 spiro atoms. The topological polar surface area (TPSA) is 29.5 Å². The Hall–Kier alpha value is -1.81. The Morgan fingerprint density at radius 3 is 2.52 bits per heavy atom. The van der Waals surface area contributed by atoms with E-state index in [0.29, 0.717) is 17.9 Å². The molecule has 0 N–H and O–H groups in total. The van der Waals surface area contributed by atoms with Crippen molar-refractivity contribution >= 4 is 21.8 Å². The molecule has 3 nitrogen and oxygen atoms in total. The summed E-state index contributed by atoms with van der Waals surface area (Å²) in [4.78, 5) is 13.7. The molecule has 0 radical (unpaired) electrons. The van der Waals surface area contributed by atoms with Gasteiger partial charge in [0.25, 0.3) is 5.91 Å². The van der Waals surface area contributed by atoms with E-state index in [4.69, 9.17) is 4.74 Å². The van der Waals surface area contributed by atoms with E-state index in [2.05, 4.69) is 28.1 Å². The zero-order valence-corrected chi connectivity index (χ0v) is 13.8. The molecule has 0 aromatic heterocycles. The zero-order valence-electron chi connectivity index (χ0n) is 12.2. The maximum absolute atomic E-state index is 12.2. The van der Waals surface area contributed by atoms with Crippen molar-refractivity contribution in [3.05, 3.63) is 64.1 Å². The van der Waals surface area contributed by atoms with Crippen molar-refractivity contribution in [1.29, 1.82) is 0 Å². The molecule has 4 heteroatoms. The number of hydrogen-bond donors (Lipinski definition) is 0. The molecule has 1 amide bonds. The Morgan fingerprint density at radius 2 is 1.86 bits per heavy atom. The minimum atomic E-state index is -0.0639. The van der Waals surface area contributed by atoms with E-state index in [1.807, 2.05) is 30.3 Å². The summed E-state index contributed by atoms with van der Waals surface area (Å²) in [5.41, 5.74) is 1.79. The number of benzene rings is 2. The molecule has 2 aromatic carbocycles. The van der Waals surface area contributed by atoms with E-state index in [0.717, 1.165) is 10.9 Å². The number of amides is 1. The monoisotopic (exact) mass is 347 g/mol. The maximum Gasteiger partial charge on any atom is 0.257 e. The minimum absolute atomic E-state index is 0.0639. The van der Waals surface area contributed by atoms with Gasteiger partial charge in [-0.05, 0) is 23.8 Å². The van der Waals surface area contributed by atoms with Crippen LogP contribution in [-0.2, 0) is 6.42 Å². The van der Waals surface area contributed by atoms with Gasteiger partial charge in [0.15, 0.2) is 0 Å². The first-order valence-corrected chi connectivity index (χ1v) is 7.55. The highest BCUT2D eigenvalue weighted by molar-refractivity contribution is 9.10. The SMILES string of the molecule is CN(C)C(=O)c1cc(Br)ccc1OCCc1ccccc1. The van der Waals surface area contributed by atoms with Crippen LogP contribution in [0.25, 0.3) is 0 Å². The third-order valence-corrected chi connectivity index (χ3v) is 3.56. The molecule has 0 aliphatic heterocycles. The van der Waals surface area contributed by atoms with Crippen molar-refractivity contribution in [3.63, 3.8) is 0 Å². The highest BCUT2D eigenvalue weighted by Gasteiger charge is 2.15. The molecule has 0 atom stereocenters. The molecule has 0 fully saturated rings. The molecule has 2 rings (SSSR count). The van der Waals surface area contributed by atoms with Crippen molar-refractivity contribution < 1.29 is 9.53 Å². The third-order valence-electron chi connectivity index (χ3n) is 3.07. The van der Waals surface area contributed by atoms with Crippen LogP contribution in [0.5, 0.6) is 5.75 Å². The Bertz CT molecular complexity index is 611. The summed E-state index contributed by atoms with van der Waals surface area (Å²) < 4.78 is 6.66. The van der Waals surface area contributed by atoms with Gasteiger partial charge >= 0.3 is 0 Å². The van der Waals surface area contributed by atoms with Gasteiger partial charge in [-0.15, -0.1) is 0 Å². The summed E-state index contributed by atoms with van der Waals surface area (Å²) in [6, 6.07) is 15.6. The molecule has 21 heavy (non-hydrogen) atoms. The largest absolute Gasteiger partial charge is 0.492 e. The van der Waals surface area contributed by atoms with E-state index >= 15 is 0 Å². The molecule has 0 aliphatic carbocycles. The van der Waals surface area contributed by atoms with Gasteiger partial charge in [-0.2, -0.15) is 0 Å². The maximum atomic E-state index is 12.2. The Kier molecular flexibility index (Phi) is 5.39. The predicted molar refractivity (Wildman–Crippen MR) is 87.8 cm³/mol. The molecule has 2 aromatic rings. The molecular formula is C17H18BrNO2. The van der Waals surface area contributed by atoms with Crippen LogP contribution in [0.4, 0.5) is 0 Å². The Labute approximate surface area is 133 Å². The number of nitrogens with zero attached hydrogens (tertiary/aromatic N) is 1. The summed E-state index contributed by atoms with van der Waals surface area (Å²) in [6.07, 6.45) is 0.812. The van der Waals surface area contributed by atoms with Gasteiger partial charge in [0.1, 0.15) is 5.75 Å². The van der Waals surface area contributed by atoms with Crippen molar-refractivity contribution in [2.45, 2.75) is 6.42 Å². The molecule has 0 saturated heterocycles. The second-order valence-corrected chi connectivity index (χ2v) is 5.84. The molecule has 0 aliphatic rings. The summed E-state index contributed by atoms with van der Waals surface area (Å²) in [6.45, 7) is 0.541. The summed E-state index contributed by atoms with van der Waals surface area (Å²) in [7, 11) is 3.47. The minimum Gasteiger partial charge on any atom is -0.492 e. The Morgan fingerprint density at radius 1 is 1.14 bits per heavy atom. The average Bonchev–Trinajstić information content (AvgIpc) is 2.49. The first-order valence-electron chi connectivity index (χ1n) is 6.76. The second kappa shape index (κ2) is 7.27. The predicted octanol–water partition coefficient (Wildman–Crippen LogP) is 3.77.